The quantitative estimate of drug-likeness (QED) is 0.865. The maximum atomic E-state index is 13.4. The lowest BCUT2D eigenvalue weighted by Crippen LogP contribution is -2.11. The van der Waals surface area contributed by atoms with Crippen molar-refractivity contribution in [2.24, 2.45) is 0 Å². The summed E-state index contributed by atoms with van der Waals surface area (Å²) in [5.74, 6) is -5.11. The maximum absolute atomic E-state index is 13.4. The topological polar surface area (TPSA) is 68.0 Å². The molecule has 0 amide bonds. The third kappa shape index (κ3) is 1.84. The minimum atomic E-state index is -1.46. The smallest absolute Gasteiger partial charge is 0.356 e. The van der Waals surface area contributed by atoms with Gasteiger partial charge >= 0.3 is 5.97 Å². The number of carboxylic acids is 1. The fraction of sp³-hybridized carbons (Fsp3) is 0. The summed E-state index contributed by atoms with van der Waals surface area (Å²) in [6.45, 7) is 0. The molecular formula is C9H4F3N3O2. The monoisotopic (exact) mass is 243 g/mol. The molecule has 0 spiro atoms. The Kier molecular flexibility index (Phi) is 2.54. The average Bonchev–Trinajstić information content (AvgIpc) is 2.64. The number of halogens is 3. The first kappa shape index (κ1) is 11.1. The second kappa shape index (κ2) is 3.89. The van der Waals surface area contributed by atoms with Crippen molar-refractivity contribution in [1.29, 1.82) is 0 Å². The van der Waals surface area contributed by atoms with Crippen LogP contribution in [-0.2, 0) is 0 Å². The molecule has 0 aliphatic carbocycles. The zero-order valence-corrected chi connectivity index (χ0v) is 8.06. The van der Waals surface area contributed by atoms with Crippen LogP contribution in [0.2, 0.25) is 0 Å². The molecule has 1 aromatic heterocycles. The highest BCUT2D eigenvalue weighted by atomic mass is 19.1. The summed E-state index contributed by atoms with van der Waals surface area (Å²) in [5.41, 5.74) is -1.32. The highest BCUT2D eigenvalue weighted by molar-refractivity contribution is 5.85. The fourth-order valence-corrected chi connectivity index (χ4v) is 1.28. The lowest BCUT2D eigenvalue weighted by Gasteiger charge is -2.05. The molecule has 0 aliphatic rings. The second-order valence-electron chi connectivity index (χ2n) is 3.05. The SMILES string of the molecule is O=C(O)c1cnnn1-c1c(F)cc(F)cc1F. The number of aromatic nitrogens is 3. The number of carboxylic acid groups (broad SMARTS) is 1. The first-order valence-electron chi connectivity index (χ1n) is 4.29. The average molecular weight is 243 g/mol. The van der Waals surface area contributed by atoms with Gasteiger partial charge in [-0.3, -0.25) is 0 Å². The van der Waals surface area contributed by atoms with Crippen LogP contribution in [0, 0.1) is 17.5 Å². The molecule has 0 radical (unpaired) electrons. The standard InChI is InChI=1S/C9H4F3N3O2/c10-4-1-5(11)8(6(12)2-4)15-7(9(16)17)3-13-14-15/h1-3H,(H,16,17). The Morgan fingerprint density at radius 1 is 1.24 bits per heavy atom. The first-order chi connectivity index (χ1) is 8.00. The van der Waals surface area contributed by atoms with Crippen LogP contribution in [-0.4, -0.2) is 26.1 Å². The van der Waals surface area contributed by atoms with Gasteiger partial charge in [-0.1, -0.05) is 5.21 Å². The molecule has 1 N–H and O–H groups in total. The number of rotatable bonds is 2. The zero-order chi connectivity index (χ0) is 12.6. The van der Waals surface area contributed by atoms with Crippen LogP contribution in [0.15, 0.2) is 18.3 Å². The molecule has 2 aromatic rings. The van der Waals surface area contributed by atoms with Gasteiger partial charge < -0.3 is 5.11 Å². The van der Waals surface area contributed by atoms with Crippen molar-refractivity contribution >= 4 is 5.97 Å². The van der Waals surface area contributed by atoms with Gasteiger partial charge in [-0.05, 0) is 0 Å². The van der Waals surface area contributed by atoms with Gasteiger partial charge in [0.1, 0.15) is 11.5 Å². The summed E-state index contributed by atoms with van der Waals surface area (Å²) in [6.07, 6.45) is 0.824. The molecule has 0 saturated carbocycles. The number of hydrogen-bond donors (Lipinski definition) is 1. The largest absolute Gasteiger partial charge is 0.476 e. The van der Waals surface area contributed by atoms with E-state index in [2.05, 4.69) is 10.3 Å². The Balaban J connectivity index is 2.69. The van der Waals surface area contributed by atoms with Crippen LogP contribution >= 0.6 is 0 Å². The van der Waals surface area contributed by atoms with Crippen LogP contribution < -0.4 is 0 Å². The Labute approximate surface area is 92.1 Å². The fourth-order valence-electron chi connectivity index (χ4n) is 1.28. The van der Waals surface area contributed by atoms with Crippen LogP contribution in [0.3, 0.4) is 0 Å². The molecule has 0 fully saturated rings. The Hall–Kier alpha value is -2.38. The van der Waals surface area contributed by atoms with Crippen LogP contribution in [0.5, 0.6) is 0 Å². The summed E-state index contributed by atoms with van der Waals surface area (Å²) >= 11 is 0. The first-order valence-corrected chi connectivity index (χ1v) is 4.29. The van der Waals surface area contributed by atoms with Crippen molar-refractivity contribution in [1.82, 2.24) is 15.0 Å². The number of nitrogens with zero attached hydrogens (tertiary/aromatic N) is 3. The molecule has 17 heavy (non-hydrogen) atoms. The van der Waals surface area contributed by atoms with Gasteiger partial charge in [0.05, 0.1) is 6.20 Å². The minimum Gasteiger partial charge on any atom is -0.476 e. The minimum absolute atomic E-state index is 0.422. The lowest BCUT2D eigenvalue weighted by atomic mass is 10.2. The number of hydrogen-bond acceptors (Lipinski definition) is 3. The molecule has 0 bridgehead atoms. The molecule has 2 rings (SSSR count). The molecule has 0 atom stereocenters. The predicted molar refractivity (Wildman–Crippen MR) is 48.2 cm³/mol. The van der Waals surface area contributed by atoms with Crippen molar-refractivity contribution in [3.63, 3.8) is 0 Å². The van der Waals surface area contributed by atoms with Gasteiger partial charge in [0.15, 0.2) is 17.3 Å². The normalized spacial score (nSPS) is 10.5. The summed E-state index contributed by atoms with van der Waals surface area (Å²) in [7, 11) is 0. The van der Waals surface area contributed by atoms with E-state index in [1.807, 2.05) is 0 Å². The zero-order valence-electron chi connectivity index (χ0n) is 8.06. The van der Waals surface area contributed by atoms with E-state index >= 15 is 0 Å². The van der Waals surface area contributed by atoms with E-state index in [0.717, 1.165) is 6.20 Å². The summed E-state index contributed by atoms with van der Waals surface area (Å²) in [4.78, 5) is 10.7. The van der Waals surface area contributed by atoms with Crippen LogP contribution in [0.4, 0.5) is 13.2 Å². The predicted octanol–water partition coefficient (Wildman–Crippen LogP) is 1.38. The van der Waals surface area contributed by atoms with Gasteiger partial charge in [-0.25, -0.2) is 22.6 Å². The lowest BCUT2D eigenvalue weighted by molar-refractivity contribution is 0.0687. The molecule has 1 heterocycles. The third-order valence-corrected chi connectivity index (χ3v) is 1.96. The molecule has 5 nitrogen and oxygen atoms in total. The molecule has 0 aliphatic heterocycles. The van der Waals surface area contributed by atoms with E-state index in [-0.39, 0.29) is 0 Å². The Morgan fingerprint density at radius 2 is 1.82 bits per heavy atom. The Morgan fingerprint density at radius 3 is 2.35 bits per heavy atom. The van der Waals surface area contributed by atoms with Crippen LogP contribution in [0.25, 0.3) is 5.69 Å². The van der Waals surface area contributed by atoms with Crippen molar-refractivity contribution in [3.05, 3.63) is 41.5 Å². The summed E-state index contributed by atoms with van der Waals surface area (Å²) in [6, 6.07) is 0.845. The number of benzene rings is 1. The Bertz CT molecular complexity index is 574. The van der Waals surface area contributed by atoms with Gasteiger partial charge in [0.25, 0.3) is 0 Å². The van der Waals surface area contributed by atoms with E-state index < -0.39 is 34.8 Å². The van der Waals surface area contributed by atoms with E-state index in [0.29, 0.717) is 16.8 Å². The second-order valence-corrected chi connectivity index (χ2v) is 3.05. The number of carbonyl (C=O) groups is 1. The van der Waals surface area contributed by atoms with Crippen molar-refractivity contribution in [2.45, 2.75) is 0 Å². The molecule has 1 aromatic carbocycles. The van der Waals surface area contributed by atoms with E-state index in [1.54, 1.807) is 0 Å². The summed E-state index contributed by atoms with van der Waals surface area (Å²) in [5, 5.41) is 15.2. The maximum Gasteiger partial charge on any atom is 0.356 e. The van der Waals surface area contributed by atoms with E-state index in [1.165, 1.54) is 0 Å². The van der Waals surface area contributed by atoms with Gasteiger partial charge in [-0.15, -0.1) is 5.10 Å². The molecular weight excluding hydrogens is 239 g/mol. The number of aromatic carboxylic acids is 1. The molecule has 0 unspecified atom stereocenters. The molecule has 0 saturated heterocycles. The third-order valence-electron chi connectivity index (χ3n) is 1.96. The molecule has 88 valence electrons. The van der Waals surface area contributed by atoms with Gasteiger partial charge in [0.2, 0.25) is 0 Å². The van der Waals surface area contributed by atoms with E-state index in [4.69, 9.17) is 5.11 Å². The summed E-state index contributed by atoms with van der Waals surface area (Å²) < 4.78 is 39.8. The van der Waals surface area contributed by atoms with E-state index in [9.17, 15) is 18.0 Å². The van der Waals surface area contributed by atoms with Crippen molar-refractivity contribution in [3.8, 4) is 5.69 Å². The van der Waals surface area contributed by atoms with Gasteiger partial charge in [0, 0.05) is 12.1 Å². The highest BCUT2D eigenvalue weighted by Gasteiger charge is 2.20. The highest BCUT2D eigenvalue weighted by Crippen LogP contribution is 2.19. The van der Waals surface area contributed by atoms with Gasteiger partial charge in [-0.2, -0.15) is 0 Å². The van der Waals surface area contributed by atoms with Crippen LogP contribution in [0.1, 0.15) is 10.5 Å². The molecule has 8 heteroatoms. The van der Waals surface area contributed by atoms with Crippen molar-refractivity contribution < 1.29 is 23.1 Å². The van der Waals surface area contributed by atoms with Crippen molar-refractivity contribution in [2.75, 3.05) is 0 Å².